The summed E-state index contributed by atoms with van der Waals surface area (Å²) in [5.74, 6) is 0. The van der Waals surface area contributed by atoms with Crippen molar-refractivity contribution < 1.29 is 13.2 Å². The molecule has 0 atom stereocenters. The predicted molar refractivity (Wildman–Crippen MR) is 105 cm³/mol. The number of nitrogens with two attached hydrogens (primary N) is 1. The average Bonchev–Trinajstić information content (AvgIpc) is 2.86. The van der Waals surface area contributed by atoms with E-state index in [9.17, 15) is 13.2 Å². The normalized spacial score (nSPS) is 20.6. The summed E-state index contributed by atoms with van der Waals surface area (Å²) in [5, 5.41) is 4.34. The Kier molecular flexibility index (Phi) is 6.11. The first kappa shape index (κ1) is 20.9. The maximum atomic E-state index is 12.9. The highest BCUT2D eigenvalue weighted by Gasteiger charge is 2.42. The molecule has 3 rings (SSSR count). The fraction of sp³-hybridized carbons (Fsp3) is 0.789. The van der Waals surface area contributed by atoms with E-state index in [1.54, 1.807) is 11.3 Å². The smallest absolute Gasteiger partial charge is 0.350 e. The number of halogens is 3. The van der Waals surface area contributed by atoms with Crippen molar-refractivity contribution in [1.82, 2.24) is 10.2 Å². The first-order chi connectivity index (χ1) is 12.6. The van der Waals surface area contributed by atoms with Gasteiger partial charge in [-0.15, -0.1) is 11.3 Å². The van der Waals surface area contributed by atoms with Crippen LogP contribution in [-0.2, 0) is 13.1 Å². The molecule has 1 aromatic heterocycles. The van der Waals surface area contributed by atoms with E-state index in [0.29, 0.717) is 24.7 Å². The molecule has 1 aliphatic carbocycles. The zero-order valence-corrected chi connectivity index (χ0v) is 17.3. The molecule has 27 heavy (non-hydrogen) atoms. The Morgan fingerprint density at radius 2 is 2.00 bits per heavy atom. The van der Waals surface area contributed by atoms with Gasteiger partial charge in [0.15, 0.2) is 0 Å². The lowest BCUT2D eigenvalue weighted by Gasteiger charge is -2.51. The van der Waals surface area contributed by atoms with E-state index < -0.39 is 12.6 Å². The Hall–Kier alpha value is -0.830. The highest BCUT2D eigenvalue weighted by Crippen LogP contribution is 2.47. The molecular formula is C19H31F3N4S. The van der Waals surface area contributed by atoms with Crippen molar-refractivity contribution in [2.24, 2.45) is 11.1 Å². The summed E-state index contributed by atoms with van der Waals surface area (Å²) in [4.78, 5) is 5.53. The van der Waals surface area contributed by atoms with Crippen molar-refractivity contribution in [3.63, 3.8) is 0 Å². The molecule has 0 aromatic carbocycles. The highest BCUT2D eigenvalue weighted by atomic mass is 32.1. The molecule has 0 saturated heterocycles. The molecule has 8 heteroatoms. The Labute approximate surface area is 163 Å². The number of nitrogens with zero attached hydrogens (tertiary/aromatic N) is 2. The molecule has 1 saturated carbocycles. The number of anilines is 1. The molecule has 1 aliphatic heterocycles. The molecule has 0 bridgehead atoms. The molecule has 2 aliphatic rings. The maximum absolute atomic E-state index is 12.9. The predicted octanol–water partition coefficient (Wildman–Crippen LogP) is 3.83. The van der Waals surface area contributed by atoms with Crippen LogP contribution in [0.1, 0.15) is 49.1 Å². The van der Waals surface area contributed by atoms with Crippen LogP contribution >= 0.6 is 11.3 Å². The molecule has 154 valence electrons. The number of hydrogen-bond donors (Lipinski definition) is 2. The van der Waals surface area contributed by atoms with Crippen molar-refractivity contribution >= 4 is 16.3 Å². The summed E-state index contributed by atoms with van der Waals surface area (Å²) in [6.45, 7) is 10.1. The van der Waals surface area contributed by atoms with Crippen LogP contribution in [0.2, 0.25) is 0 Å². The fourth-order valence-corrected chi connectivity index (χ4v) is 5.49. The van der Waals surface area contributed by atoms with Crippen molar-refractivity contribution in [3.05, 3.63) is 16.0 Å². The monoisotopic (exact) mass is 404 g/mol. The topological polar surface area (TPSA) is 44.5 Å². The van der Waals surface area contributed by atoms with E-state index in [2.05, 4.69) is 31.0 Å². The number of thiophene rings is 1. The molecule has 3 N–H and O–H groups in total. The van der Waals surface area contributed by atoms with Gasteiger partial charge < -0.3 is 16.0 Å². The lowest BCUT2D eigenvalue weighted by Crippen LogP contribution is -2.54. The Balaban J connectivity index is 1.79. The zero-order valence-electron chi connectivity index (χ0n) is 16.5. The van der Waals surface area contributed by atoms with Crippen molar-refractivity contribution in [2.75, 3.05) is 31.2 Å². The van der Waals surface area contributed by atoms with Gasteiger partial charge in [0.05, 0.1) is 18.1 Å². The van der Waals surface area contributed by atoms with Crippen molar-refractivity contribution in [1.29, 1.82) is 0 Å². The SMILES string of the molecule is Cc1c(CNCCN)sc2c1CN(C1CC(C)(C)C1)CN2CCC(F)(F)F. The molecular weight excluding hydrogens is 373 g/mol. The van der Waals surface area contributed by atoms with Gasteiger partial charge in [-0.2, -0.15) is 13.2 Å². The zero-order chi connectivity index (χ0) is 19.8. The van der Waals surface area contributed by atoms with Crippen LogP contribution in [0.15, 0.2) is 0 Å². The largest absolute Gasteiger partial charge is 0.390 e. The van der Waals surface area contributed by atoms with Gasteiger partial charge in [0, 0.05) is 49.2 Å². The second-order valence-corrected chi connectivity index (χ2v) is 9.73. The number of hydrogen-bond acceptors (Lipinski definition) is 5. The Bertz CT molecular complexity index is 648. The molecule has 0 amide bonds. The average molecular weight is 405 g/mol. The molecule has 4 nitrogen and oxygen atoms in total. The van der Waals surface area contributed by atoms with Gasteiger partial charge in [0.1, 0.15) is 0 Å². The maximum Gasteiger partial charge on any atom is 0.390 e. The van der Waals surface area contributed by atoms with Gasteiger partial charge in [0.2, 0.25) is 0 Å². The summed E-state index contributed by atoms with van der Waals surface area (Å²) < 4.78 is 38.6. The number of rotatable bonds is 7. The lowest BCUT2D eigenvalue weighted by molar-refractivity contribution is -0.132. The van der Waals surface area contributed by atoms with E-state index in [1.165, 1.54) is 16.0 Å². The third-order valence-electron chi connectivity index (χ3n) is 5.71. The molecule has 1 fully saturated rings. The van der Waals surface area contributed by atoms with E-state index >= 15 is 0 Å². The molecule has 0 radical (unpaired) electrons. The summed E-state index contributed by atoms with van der Waals surface area (Å²) in [6, 6.07) is 0.472. The van der Waals surface area contributed by atoms with Crippen molar-refractivity contribution in [2.45, 2.75) is 65.3 Å². The first-order valence-electron chi connectivity index (χ1n) is 9.67. The van der Waals surface area contributed by atoms with Crippen LogP contribution in [0.4, 0.5) is 18.2 Å². The summed E-state index contributed by atoms with van der Waals surface area (Å²) in [6.07, 6.45) is -2.67. The van der Waals surface area contributed by atoms with Gasteiger partial charge in [-0.3, -0.25) is 4.90 Å². The molecule has 1 aromatic rings. The fourth-order valence-electron chi connectivity index (χ4n) is 4.19. The van der Waals surface area contributed by atoms with Crippen molar-refractivity contribution in [3.8, 4) is 0 Å². The number of alkyl halides is 3. The second kappa shape index (κ2) is 7.89. The number of fused-ring (bicyclic) bond motifs is 1. The van der Waals surface area contributed by atoms with Gasteiger partial charge in [-0.05, 0) is 30.7 Å². The van der Waals surface area contributed by atoms with Crippen LogP contribution in [0.25, 0.3) is 0 Å². The minimum absolute atomic E-state index is 0.0265. The minimum Gasteiger partial charge on any atom is -0.350 e. The van der Waals surface area contributed by atoms with Crippen LogP contribution in [0, 0.1) is 12.3 Å². The van der Waals surface area contributed by atoms with Crippen LogP contribution in [-0.4, -0.2) is 43.4 Å². The summed E-state index contributed by atoms with van der Waals surface area (Å²) in [5.41, 5.74) is 8.33. The van der Waals surface area contributed by atoms with Gasteiger partial charge in [0.25, 0.3) is 0 Å². The van der Waals surface area contributed by atoms with Crippen LogP contribution < -0.4 is 16.0 Å². The van der Waals surface area contributed by atoms with E-state index in [0.717, 1.165) is 37.5 Å². The van der Waals surface area contributed by atoms with Crippen LogP contribution in [0.3, 0.4) is 0 Å². The molecule has 0 spiro atoms. The van der Waals surface area contributed by atoms with E-state index in [1.807, 2.05) is 4.90 Å². The van der Waals surface area contributed by atoms with E-state index in [4.69, 9.17) is 5.73 Å². The summed E-state index contributed by atoms with van der Waals surface area (Å²) in [7, 11) is 0. The van der Waals surface area contributed by atoms with E-state index in [-0.39, 0.29) is 6.54 Å². The second-order valence-electron chi connectivity index (χ2n) is 8.64. The quantitative estimate of drug-likeness (QED) is 0.678. The lowest BCUT2D eigenvalue weighted by atomic mass is 9.68. The van der Waals surface area contributed by atoms with Gasteiger partial charge >= 0.3 is 6.18 Å². The Morgan fingerprint density at radius 1 is 1.30 bits per heavy atom. The minimum atomic E-state index is -4.13. The third kappa shape index (κ3) is 4.96. The summed E-state index contributed by atoms with van der Waals surface area (Å²) >= 11 is 1.64. The van der Waals surface area contributed by atoms with Gasteiger partial charge in [-0.1, -0.05) is 13.8 Å². The standard InChI is InChI=1S/C19H31F3N4S/c1-13-15-11-26(14-8-18(2,3)9-14)12-25(7-4-19(20,21)22)17(15)27-16(13)10-24-6-5-23/h14,24H,4-12,23H2,1-3H3. The third-order valence-corrected chi connectivity index (χ3v) is 7.11. The van der Waals surface area contributed by atoms with Gasteiger partial charge in [-0.25, -0.2) is 0 Å². The Morgan fingerprint density at radius 3 is 2.59 bits per heavy atom. The highest BCUT2D eigenvalue weighted by molar-refractivity contribution is 7.16. The molecule has 2 heterocycles. The molecule has 0 unspecified atom stereocenters. The first-order valence-corrected chi connectivity index (χ1v) is 10.5. The van der Waals surface area contributed by atoms with Crippen LogP contribution in [0.5, 0.6) is 0 Å². The number of nitrogens with one attached hydrogen (secondary N) is 1.